The van der Waals surface area contributed by atoms with Gasteiger partial charge in [-0.2, -0.15) is 0 Å². The van der Waals surface area contributed by atoms with Crippen LogP contribution in [-0.2, 0) is 17.9 Å². The second kappa shape index (κ2) is 11.5. The smallest absolute Gasteiger partial charge is 0.322 e. The molecule has 0 radical (unpaired) electrons. The molecule has 0 aliphatic carbocycles. The molecule has 0 atom stereocenters. The standard InChI is InChI=1S/C26H31N3O3S/c1-19(2)29(26(31)27-22-11-8-12-23(15-22)32-4)18-25(30)28(16-21-9-6-5-7-10-21)17-24-20(3)13-14-33-24/h5-15,19H,16-18H2,1-4H3,(H,27,31). The number of hydrogen-bond donors (Lipinski definition) is 1. The molecule has 1 heterocycles. The van der Waals surface area contributed by atoms with Crippen molar-refractivity contribution in [1.29, 1.82) is 0 Å². The van der Waals surface area contributed by atoms with Gasteiger partial charge in [-0.25, -0.2) is 4.79 Å². The van der Waals surface area contributed by atoms with Crippen LogP contribution in [0.4, 0.5) is 10.5 Å². The minimum Gasteiger partial charge on any atom is -0.497 e. The molecule has 0 bridgehead atoms. The first-order valence-corrected chi connectivity index (χ1v) is 11.8. The van der Waals surface area contributed by atoms with Crippen LogP contribution in [0.15, 0.2) is 66.0 Å². The SMILES string of the molecule is COc1cccc(NC(=O)N(CC(=O)N(Cc2ccccc2)Cc2sccc2C)C(C)C)c1. The van der Waals surface area contributed by atoms with Crippen LogP contribution in [0.5, 0.6) is 5.75 Å². The van der Waals surface area contributed by atoms with Crippen molar-refractivity contribution >= 4 is 29.0 Å². The Balaban J connectivity index is 1.76. The highest BCUT2D eigenvalue weighted by atomic mass is 32.1. The number of benzene rings is 2. The lowest BCUT2D eigenvalue weighted by atomic mass is 10.2. The Morgan fingerprint density at radius 3 is 2.42 bits per heavy atom. The molecule has 0 saturated heterocycles. The minimum absolute atomic E-state index is 0.00920. The van der Waals surface area contributed by atoms with Gasteiger partial charge in [0.15, 0.2) is 0 Å². The molecule has 0 spiro atoms. The van der Waals surface area contributed by atoms with E-state index < -0.39 is 0 Å². The average Bonchev–Trinajstić information content (AvgIpc) is 3.21. The van der Waals surface area contributed by atoms with Crippen LogP contribution in [-0.4, -0.2) is 41.4 Å². The Morgan fingerprint density at radius 1 is 1.03 bits per heavy atom. The van der Waals surface area contributed by atoms with Crippen molar-refractivity contribution in [2.24, 2.45) is 0 Å². The van der Waals surface area contributed by atoms with Crippen LogP contribution in [0.3, 0.4) is 0 Å². The third-order valence-electron chi connectivity index (χ3n) is 5.38. The van der Waals surface area contributed by atoms with Gasteiger partial charge in [-0.15, -0.1) is 11.3 Å². The molecule has 33 heavy (non-hydrogen) atoms. The number of anilines is 1. The largest absolute Gasteiger partial charge is 0.497 e. The van der Waals surface area contributed by atoms with Gasteiger partial charge >= 0.3 is 6.03 Å². The lowest BCUT2D eigenvalue weighted by Crippen LogP contribution is -2.47. The Kier molecular flexibility index (Phi) is 8.49. The Hall–Kier alpha value is -3.32. The highest BCUT2D eigenvalue weighted by Gasteiger charge is 2.24. The Bertz CT molecular complexity index is 1070. The molecule has 0 unspecified atom stereocenters. The van der Waals surface area contributed by atoms with E-state index in [9.17, 15) is 9.59 Å². The van der Waals surface area contributed by atoms with Crippen molar-refractivity contribution in [2.75, 3.05) is 19.0 Å². The van der Waals surface area contributed by atoms with Crippen LogP contribution >= 0.6 is 11.3 Å². The van der Waals surface area contributed by atoms with Gasteiger partial charge in [-0.05, 0) is 55.5 Å². The molecular weight excluding hydrogens is 434 g/mol. The zero-order chi connectivity index (χ0) is 23.8. The predicted molar refractivity (Wildman–Crippen MR) is 134 cm³/mol. The fourth-order valence-electron chi connectivity index (χ4n) is 3.41. The van der Waals surface area contributed by atoms with Crippen molar-refractivity contribution in [2.45, 2.75) is 39.9 Å². The van der Waals surface area contributed by atoms with E-state index in [0.717, 1.165) is 10.4 Å². The summed E-state index contributed by atoms with van der Waals surface area (Å²) in [5.41, 5.74) is 2.84. The number of methoxy groups -OCH3 is 1. The van der Waals surface area contributed by atoms with Crippen LogP contribution in [0.2, 0.25) is 0 Å². The zero-order valence-electron chi connectivity index (χ0n) is 19.6. The number of carbonyl (C=O) groups is 2. The van der Waals surface area contributed by atoms with Crippen molar-refractivity contribution in [1.82, 2.24) is 9.80 Å². The van der Waals surface area contributed by atoms with Crippen LogP contribution in [0.1, 0.15) is 29.9 Å². The molecule has 6 nitrogen and oxygen atoms in total. The van der Waals surface area contributed by atoms with E-state index in [4.69, 9.17) is 4.74 Å². The molecule has 7 heteroatoms. The van der Waals surface area contributed by atoms with Gasteiger partial charge < -0.3 is 19.9 Å². The fraction of sp³-hybridized carbons (Fsp3) is 0.308. The molecule has 0 aliphatic heterocycles. The quantitative estimate of drug-likeness (QED) is 0.452. The molecule has 1 N–H and O–H groups in total. The van der Waals surface area contributed by atoms with E-state index in [1.807, 2.05) is 66.6 Å². The Labute approximate surface area is 199 Å². The number of urea groups is 1. The van der Waals surface area contributed by atoms with E-state index in [1.165, 1.54) is 5.56 Å². The maximum absolute atomic E-state index is 13.4. The lowest BCUT2D eigenvalue weighted by molar-refractivity contribution is -0.133. The van der Waals surface area contributed by atoms with Crippen LogP contribution < -0.4 is 10.1 Å². The summed E-state index contributed by atoms with van der Waals surface area (Å²) >= 11 is 1.64. The molecule has 1 aromatic heterocycles. The molecule has 174 valence electrons. The van der Waals surface area contributed by atoms with Gasteiger partial charge in [-0.1, -0.05) is 36.4 Å². The summed E-state index contributed by atoms with van der Waals surface area (Å²) in [4.78, 5) is 31.0. The van der Waals surface area contributed by atoms with Gasteiger partial charge in [-0.3, -0.25) is 4.79 Å². The number of rotatable bonds is 9. The van der Waals surface area contributed by atoms with Gasteiger partial charge in [0.1, 0.15) is 12.3 Å². The Morgan fingerprint density at radius 2 is 1.79 bits per heavy atom. The number of ether oxygens (including phenoxy) is 1. The topological polar surface area (TPSA) is 61.9 Å². The van der Waals surface area contributed by atoms with E-state index in [2.05, 4.69) is 18.3 Å². The molecular formula is C26H31N3O3S. The summed E-state index contributed by atoms with van der Waals surface area (Å²) in [6.07, 6.45) is 0. The summed E-state index contributed by atoms with van der Waals surface area (Å²) < 4.78 is 5.23. The molecule has 2 aromatic carbocycles. The monoisotopic (exact) mass is 465 g/mol. The first-order valence-electron chi connectivity index (χ1n) is 10.9. The first kappa shape index (κ1) is 24.3. The highest BCUT2D eigenvalue weighted by Crippen LogP contribution is 2.21. The van der Waals surface area contributed by atoms with E-state index >= 15 is 0 Å². The van der Waals surface area contributed by atoms with Gasteiger partial charge in [0.25, 0.3) is 0 Å². The predicted octanol–water partition coefficient (Wildman–Crippen LogP) is 5.54. The number of carbonyl (C=O) groups excluding carboxylic acids is 2. The first-order chi connectivity index (χ1) is 15.9. The molecule has 3 aromatic rings. The van der Waals surface area contributed by atoms with Crippen molar-refractivity contribution in [3.8, 4) is 5.75 Å². The number of nitrogens with zero attached hydrogens (tertiary/aromatic N) is 2. The van der Waals surface area contributed by atoms with Crippen molar-refractivity contribution in [3.63, 3.8) is 0 Å². The molecule has 0 saturated carbocycles. The third-order valence-corrected chi connectivity index (χ3v) is 6.39. The van der Waals surface area contributed by atoms with Gasteiger partial charge in [0, 0.05) is 29.2 Å². The fourth-order valence-corrected chi connectivity index (χ4v) is 4.33. The van der Waals surface area contributed by atoms with E-state index in [0.29, 0.717) is 24.5 Å². The number of amides is 3. The number of nitrogens with one attached hydrogen (secondary N) is 1. The lowest BCUT2D eigenvalue weighted by Gasteiger charge is -2.30. The average molecular weight is 466 g/mol. The summed E-state index contributed by atoms with van der Waals surface area (Å²) in [7, 11) is 1.58. The van der Waals surface area contributed by atoms with Crippen LogP contribution in [0.25, 0.3) is 0 Å². The molecule has 3 amide bonds. The maximum Gasteiger partial charge on any atom is 0.322 e. The molecule has 0 fully saturated rings. The number of aryl methyl sites for hydroxylation is 1. The summed E-state index contributed by atoms with van der Waals surface area (Å²) in [5, 5.41) is 4.92. The van der Waals surface area contributed by atoms with E-state index in [-0.39, 0.29) is 24.5 Å². The molecule has 0 aliphatic rings. The number of thiophene rings is 1. The van der Waals surface area contributed by atoms with Crippen molar-refractivity contribution in [3.05, 3.63) is 82.0 Å². The zero-order valence-corrected chi connectivity index (χ0v) is 20.4. The second-order valence-corrected chi connectivity index (χ2v) is 9.15. The summed E-state index contributed by atoms with van der Waals surface area (Å²) in [5.74, 6) is 0.557. The second-order valence-electron chi connectivity index (χ2n) is 8.15. The third kappa shape index (κ3) is 6.83. The number of hydrogen-bond acceptors (Lipinski definition) is 4. The van der Waals surface area contributed by atoms with Crippen molar-refractivity contribution < 1.29 is 14.3 Å². The summed E-state index contributed by atoms with van der Waals surface area (Å²) in [6.45, 7) is 6.86. The highest BCUT2D eigenvalue weighted by molar-refractivity contribution is 7.10. The maximum atomic E-state index is 13.4. The van der Waals surface area contributed by atoms with Crippen LogP contribution in [0, 0.1) is 6.92 Å². The normalized spacial score (nSPS) is 10.7. The van der Waals surface area contributed by atoms with Gasteiger partial charge in [0.2, 0.25) is 5.91 Å². The minimum atomic E-state index is -0.321. The molecule has 3 rings (SSSR count). The van der Waals surface area contributed by atoms with E-state index in [1.54, 1.807) is 35.5 Å². The summed E-state index contributed by atoms with van der Waals surface area (Å²) in [6, 6.07) is 18.7. The van der Waals surface area contributed by atoms with Gasteiger partial charge in [0.05, 0.1) is 13.7 Å².